The lowest BCUT2D eigenvalue weighted by atomic mass is 10.3. The zero-order valence-corrected chi connectivity index (χ0v) is 18.5. The van der Waals surface area contributed by atoms with Crippen LogP contribution in [0.25, 0.3) is 22.9 Å². The molecule has 0 aromatic carbocycles. The van der Waals surface area contributed by atoms with E-state index in [0.717, 1.165) is 0 Å². The molecule has 34 heavy (non-hydrogen) atoms. The average molecular weight is 459 g/mol. The van der Waals surface area contributed by atoms with Gasteiger partial charge in [-0.1, -0.05) is 0 Å². The Morgan fingerprint density at radius 3 is 2.85 bits per heavy atom. The molecule has 0 aliphatic carbocycles. The van der Waals surface area contributed by atoms with Crippen molar-refractivity contribution in [3.8, 4) is 23.1 Å². The Balaban J connectivity index is 1.47. The van der Waals surface area contributed by atoms with Crippen molar-refractivity contribution in [1.82, 2.24) is 44.3 Å². The molecule has 0 amide bonds. The van der Waals surface area contributed by atoms with Crippen molar-refractivity contribution < 1.29 is 9.47 Å². The number of nitrogens with two attached hydrogens (primary N) is 1. The standard InChI is InChI=1S/C21H21N11O2/c1-13-26-14(10-15(22)27-13)20-21(29-17-4-3-6-25-32(17)20)28-16-5-7-31(30-16)18-11-19(24-12-23-18)34-9-8-33-2/h3-7,10-12H,8-9H2,1-2H3,(H,28,30)(H2,22,26,27). The summed E-state index contributed by atoms with van der Waals surface area (Å²) < 4.78 is 13.8. The number of aromatic nitrogens is 9. The predicted molar refractivity (Wildman–Crippen MR) is 123 cm³/mol. The highest BCUT2D eigenvalue weighted by atomic mass is 16.5. The molecule has 0 saturated carbocycles. The van der Waals surface area contributed by atoms with Gasteiger partial charge in [0.1, 0.15) is 30.3 Å². The minimum atomic E-state index is 0.357. The maximum absolute atomic E-state index is 5.96. The molecule has 3 N–H and O–H groups in total. The molecule has 0 radical (unpaired) electrons. The van der Waals surface area contributed by atoms with Gasteiger partial charge in [0, 0.05) is 37.7 Å². The number of rotatable bonds is 8. The topological polar surface area (TPSA) is 156 Å². The molecule has 5 heterocycles. The van der Waals surface area contributed by atoms with Crippen LogP contribution in [0.4, 0.5) is 17.5 Å². The molecular weight excluding hydrogens is 438 g/mol. The number of imidazole rings is 1. The smallest absolute Gasteiger partial charge is 0.218 e. The molecule has 13 heteroatoms. The van der Waals surface area contributed by atoms with Gasteiger partial charge in [0.05, 0.1) is 12.3 Å². The third-order valence-corrected chi connectivity index (χ3v) is 4.73. The molecular formula is C21H21N11O2. The molecule has 0 atom stereocenters. The lowest BCUT2D eigenvalue weighted by Gasteiger charge is -2.07. The first-order valence-corrected chi connectivity index (χ1v) is 10.3. The average Bonchev–Trinajstić information content (AvgIpc) is 3.43. The molecule has 0 fully saturated rings. The van der Waals surface area contributed by atoms with Crippen molar-refractivity contribution in [1.29, 1.82) is 0 Å². The Bertz CT molecular complexity index is 1430. The van der Waals surface area contributed by atoms with Crippen LogP contribution in [0.5, 0.6) is 5.88 Å². The fourth-order valence-electron chi connectivity index (χ4n) is 3.32. The zero-order chi connectivity index (χ0) is 23.5. The highest BCUT2D eigenvalue weighted by Gasteiger charge is 2.18. The Morgan fingerprint density at radius 2 is 2.00 bits per heavy atom. The Labute approximate surface area is 193 Å². The second-order valence-electron chi connectivity index (χ2n) is 7.15. The monoisotopic (exact) mass is 459 g/mol. The molecule has 0 aliphatic heterocycles. The fraction of sp³-hybridized carbons (Fsp3) is 0.190. The quantitative estimate of drug-likeness (QED) is 0.326. The van der Waals surface area contributed by atoms with Gasteiger partial charge in [0.25, 0.3) is 0 Å². The first kappa shape index (κ1) is 21.2. The minimum absolute atomic E-state index is 0.357. The Hall–Kier alpha value is -4.65. The summed E-state index contributed by atoms with van der Waals surface area (Å²) in [5.41, 5.74) is 7.83. The van der Waals surface area contributed by atoms with Gasteiger partial charge >= 0.3 is 0 Å². The van der Waals surface area contributed by atoms with E-state index in [-0.39, 0.29) is 0 Å². The van der Waals surface area contributed by atoms with Crippen LogP contribution in [-0.4, -0.2) is 64.6 Å². The molecule has 5 rings (SSSR count). The third kappa shape index (κ3) is 4.31. The number of anilines is 3. The molecule has 5 aromatic heterocycles. The maximum Gasteiger partial charge on any atom is 0.218 e. The van der Waals surface area contributed by atoms with Crippen LogP contribution in [-0.2, 0) is 4.74 Å². The summed E-state index contributed by atoms with van der Waals surface area (Å²) in [5.74, 6) is 2.94. The van der Waals surface area contributed by atoms with Crippen molar-refractivity contribution in [2.24, 2.45) is 0 Å². The van der Waals surface area contributed by atoms with Crippen LogP contribution in [0.15, 0.2) is 49.1 Å². The summed E-state index contributed by atoms with van der Waals surface area (Å²) >= 11 is 0. The molecule has 13 nitrogen and oxygen atoms in total. The zero-order valence-electron chi connectivity index (χ0n) is 18.5. The number of hydrogen-bond acceptors (Lipinski definition) is 11. The highest BCUT2D eigenvalue weighted by molar-refractivity contribution is 5.77. The lowest BCUT2D eigenvalue weighted by Crippen LogP contribution is -2.07. The highest BCUT2D eigenvalue weighted by Crippen LogP contribution is 2.30. The van der Waals surface area contributed by atoms with Gasteiger partial charge in [0.15, 0.2) is 23.1 Å². The van der Waals surface area contributed by atoms with Gasteiger partial charge in [-0.15, -0.1) is 5.10 Å². The summed E-state index contributed by atoms with van der Waals surface area (Å²) in [6.45, 7) is 2.62. The summed E-state index contributed by atoms with van der Waals surface area (Å²) in [5, 5.41) is 12.2. The van der Waals surface area contributed by atoms with Crippen LogP contribution in [0.3, 0.4) is 0 Å². The molecule has 0 spiro atoms. The van der Waals surface area contributed by atoms with Crippen LogP contribution < -0.4 is 15.8 Å². The number of nitrogens with one attached hydrogen (secondary N) is 1. The first-order chi connectivity index (χ1) is 16.6. The van der Waals surface area contributed by atoms with Crippen LogP contribution >= 0.6 is 0 Å². The predicted octanol–water partition coefficient (Wildman–Crippen LogP) is 1.82. The number of nitrogens with zero attached hydrogens (tertiary/aromatic N) is 9. The van der Waals surface area contributed by atoms with Gasteiger partial charge in [-0.25, -0.2) is 34.1 Å². The molecule has 172 valence electrons. The van der Waals surface area contributed by atoms with Crippen molar-refractivity contribution in [2.45, 2.75) is 6.92 Å². The van der Waals surface area contributed by atoms with Crippen LogP contribution in [0.2, 0.25) is 0 Å². The number of aryl methyl sites for hydroxylation is 1. The summed E-state index contributed by atoms with van der Waals surface area (Å²) in [7, 11) is 1.61. The van der Waals surface area contributed by atoms with Crippen molar-refractivity contribution in [3.63, 3.8) is 0 Å². The normalized spacial score (nSPS) is 11.1. The number of ether oxygens (including phenoxy) is 2. The summed E-state index contributed by atoms with van der Waals surface area (Å²) in [6.07, 6.45) is 4.86. The van der Waals surface area contributed by atoms with E-state index in [9.17, 15) is 0 Å². The van der Waals surface area contributed by atoms with E-state index in [4.69, 9.17) is 15.2 Å². The molecule has 0 saturated heterocycles. The SMILES string of the molecule is COCCOc1cc(-n2ccc(Nc3nc4cccnn4c3-c3cc(N)nc(C)n3)n2)ncn1. The Morgan fingerprint density at radius 1 is 1.09 bits per heavy atom. The number of methoxy groups -OCH3 is 1. The number of fused-ring (bicyclic) bond motifs is 1. The molecule has 0 unspecified atom stereocenters. The van der Waals surface area contributed by atoms with E-state index in [1.807, 2.05) is 12.1 Å². The van der Waals surface area contributed by atoms with Gasteiger partial charge < -0.3 is 20.5 Å². The van der Waals surface area contributed by atoms with E-state index < -0.39 is 0 Å². The fourth-order valence-corrected chi connectivity index (χ4v) is 3.32. The van der Waals surface area contributed by atoms with E-state index in [2.05, 4.69) is 40.4 Å². The minimum Gasteiger partial charge on any atom is -0.475 e. The van der Waals surface area contributed by atoms with Gasteiger partial charge in [0.2, 0.25) is 5.88 Å². The van der Waals surface area contributed by atoms with Crippen molar-refractivity contribution in [2.75, 3.05) is 31.4 Å². The second kappa shape index (κ2) is 9.07. The number of hydrogen-bond donors (Lipinski definition) is 2. The van der Waals surface area contributed by atoms with E-state index in [1.54, 1.807) is 53.8 Å². The molecule has 5 aromatic rings. The van der Waals surface area contributed by atoms with Crippen LogP contribution in [0, 0.1) is 6.92 Å². The van der Waals surface area contributed by atoms with E-state index in [0.29, 0.717) is 65.2 Å². The van der Waals surface area contributed by atoms with E-state index >= 15 is 0 Å². The summed E-state index contributed by atoms with van der Waals surface area (Å²) in [6, 6.07) is 8.84. The second-order valence-corrected chi connectivity index (χ2v) is 7.15. The van der Waals surface area contributed by atoms with Gasteiger partial charge in [-0.2, -0.15) is 5.10 Å². The largest absolute Gasteiger partial charge is 0.475 e. The van der Waals surface area contributed by atoms with E-state index in [1.165, 1.54) is 6.33 Å². The Kier molecular flexibility index (Phi) is 5.66. The van der Waals surface area contributed by atoms with Crippen LogP contribution in [0.1, 0.15) is 5.82 Å². The molecule has 0 bridgehead atoms. The third-order valence-electron chi connectivity index (χ3n) is 4.73. The van der Waals surface area contributed by atoms with Gasteiger partial charge in [-0.05, 0) is 19.1 Å². The summed E-state index contributed by atoms with van der Waals surface area (Å²) in [4.78, 5) is 21.7. The number of nitrogen functional groups attached to an aromatic ring is 1. The van der Waals surface area contributed by atoms with Crippen molar-refractivity contribution >= 4 is 23.1 Å². The molecule has 0 aliphatic rings. The van der Waals surface area contributed by atoms with Crippen molar-refractivity contribution in [3.05, 3.63) is 54.9 Å². The maximum atomic E-state index is 5.96. The first-order valence-electron chi connectivity index (χ1n) is 10.3. The lowest BCUT2D eigenvalue weighted by molar-refractivity contribution is 0.143. The van der Waals surface area contributed by atoms with Gasteiger partial charge in [-0.3, -0.25) is 0 Å².